The Balaban J connectivity index is 1.26. The Morgan fingerprint density at radius 3 is 2.37 bits per heavy atom. The van der Waals surface area contributed by atoms with Crippen molar-refractivity contribution in [3.63, 3.8) is 0 Å². The smallest absolute Gasteiger partial charge is 0.341 e. The summed E-state index contributed by atoms with van der Waals surface area (Å²) in [5.41, 5.74) is 3.32. The van der Waals surface area contributed by atoms with Crippen molar-refractivity contribution in [2.45, 2.75) is 42.8 Å². The number of fused-ring (bicyclic) bond motifs is 1. The number of hydrogen-bond acceptors (Lipinski definition) is 9. The van der Waals surface area contributed by atoms with Crippen LogP contribution in [-0.4, -0.2) is 42.5 Å². The number of anilines is 2. The maximum atomic E-state index is 14.2. The van der Waals surface area contributed by atoms with E-state index >= 15 is 0 Å². The third-order valence-corrected chi connectivity index (χ3v) is 11.1. The Morgan fingerprint density at radius 1 is 0.889 bits per heavy atom. The average molecular weight is 762 g/mol. The number of aromatic hydroxyl groups is 1. The molecule has 6 rings (SSSR count). The standard InChI is InChI=1S/C42H39N3O7S2/c1-3-52-42(50)36-32-19-10-11-20-35(32)54-41(36)45-40(49)37(26-13-6-4-7-14-26)53-31-18-12-17-29(24-31)43-39(48)33(44-38(47)27-15-8-5-9-16-27)23-28-21-22-30(46)25-34(28)51-2/h4-9,12-18,21-25,37,46H,3,10-11,19-20H2,1-2H3,(H,43,48)(H,44,47)(H,45,49)/b33-23+. The van der Waals surface area contributed by atoms with Gasteiger partial charge in [-0.15, -0.1) is 23.1 Å². The number of benzene rings is 4. The first kappa shape index (κ1) is 37.9. The number of rotatable bonds is 13. The lowest BCUT2D eigenvalue weighted by atomic mass is 9.95. The van der Waals surface area contributed by atoms with E-state index in [1.54, 1.807) is 61.5 Å². The molecule has 4 aromatic carbocycles. The predicted octanol–water partition coefficient (Wildman–Crippen LogP) is 8.40. The molecule has 1 aliphatic rings. The van der Waals surface area contributed by atoms with Crippen LogP contribution in [0.5, 0.6) is 11.5 Å². The minimum atomic E-state index is -0.714. The predicted molar refractivity (Wildman–Crippen MR) is 212 cm³/mol. The summed E-state index contributed by atoms with van der Waals surface area (Å²) in [6, 6.07) is 29.3. The van der Waals surface area contributed by atoms with Crippen LogP contribution in [0.2, 0.25) is 0 Å². The zero-order chi connectivity index (χ0) is 38.0. The van der Waals surface area contributed by atoms with Gasteiger partial charge in [0.05, 0.1) is 19.3 Å². The first-order chi connectivity index (χ1) is 26.2. The molecule has 3 amide bonds. The largest absolute Gasteiger partial charge is 0.508 e. The number of hydrogen-bond donors (Lipinski definition) is 4. The van der Waals surface area contributed by atoms with E-state index in [1.165, 1.54) is 48.4 Å². The van der Waals surface area contributed by atoms with E-state index in [9.17, 15) is 24.3 Å². The average Bonchev–Trinajstić information content (AvgIpc) is 3.55. The third-order valence-electron chi connectivity index (χ3n) is 8.62. The van der Waals surface area contributed by atoms with Crippen LogP contribution in [0.3, 0.4) is 0 Å². The highest BCUT2D eigenvalue weighted by molar-refractivity contribution is 8.00. The van der Waals surface area contributed by atoms with Gasteiger partial charge < -0.3 is 30.5 Å². The van der Waals surface area contributed by atoms with Crippen molar-refractivity contribution in [3.8, 4) is 11.5 Å². The highest BCUT2D eigenvalue weighted by atomic mass is 32.2. The van der Waals surface area contributed by atoms with Gasteiger partial charge in [0.15, 0.2) is 0 Å². The molecule has 0 bridgehead atoms. The molecule has 0 aliphatic heterocycles. The molecular formula is C42H39N3O7S2. The van der Waals surface area contributed by atoms with Crippen molar-refractivity contribution >= 4 is 63.6 Å². The van der Waals surface area contributed by atoms with Crippen molar-refractivity contribution in [2.24, 2.45) is 0 Å². The fourth-order valence-electron chi connectivity index (χ4n) is 6.05. The number of phenols is 1. The molecule has 0 radical (unpaired) electrons. The van der Waals surface area contributed by atoms with Crippen LogP contribution in [-0.2, 0) is 27.2 Å². The van der Waals surface area contributed by atoms with Gasteiger partial charge in [-0.25, -0.2) is 4.79 Å². The number of amides is 3. The van der Waals surface area contributed by atoms with E-state index in [1.807, 2.05) is 36.4 Å². The van der Waals surface area contributed by atoms with Crippen LogP contribution < -0.4 is 20.7 Å². The number of carbonyl (C=O) groups excluding carboxylic acids is 4. The van der Waals surface area contributed by atoms with Gasteiger partial charge in [0.1, 0.15) is 27.4 Å². The summed E-state index contributed by atoms with van der Waals surface area (Å²) in [4.78, 5) is 56.1. The number of aryl methyl sites for hydroxylation is 1. The van der Waals surface area contributed by atoms with E-state index in [4.69, 9.17) is 9.47 Å². The second kappa shape index (κ2) is 17.8. The minimum absolute atomic E-state index is 0.0194. The molecule has 1 aromatic heterocycles. The lowest BCUT2D eigenvalue weighted by molar-refractivity contribution is -0.116. The molecule has 1 atom stereocenters. The third kappa shape index (κ3) is 9.20. The summed E-state index contributed by atoms with van der Waals surface area (Å²) in [6.45, 7) is 1.99. The topological polar surface area (TPSA) is 143 Å². The molecule has 4 N–H and O–H groups in total. The number of phenolic OH excluding ortho intramolecular Hbond substituents is 1. The van der Waals surface area contributed by atoms with Gasteiger partial charge in [0.25, 0.3) is 11.8 Å². The van der Waals surface area contributed by atoms with Gasteiger partial charge >= 0.3 is 5.97 Å². The second-order valence-corrected chi connectivity index (χ2v) is 14.6. The lowest BCUT2D eigenvalue weighted by Crippen LogP contribution is -2.30. The zero-order valence-corrected chi connectivity index (χ0v) is 31.4. The van der Waals surface area contributed by atoms with Gasteiger partial charge in [-0.3, -0.25) is 14.4 Å². The number of methoxy groups -OCH3 is 1. The highest BCUT2D eigenvalue weighted by Gasteiger charge is 2.30. The molecule has 54 heavy (non-hydrogen) atoms. The van der Waals surface area contributed by atoms with E-state index in [2.05, 4.69) is 16.0 Å². The van der Waals surface area contributed by atoms with E-state index in [0.29, 0.717) is 38.0 Å². The molecular weight excluding hydrogens is 723 g/mol. The SMILES string of the molecule is CCOC(=O)c1c(NC(=O)C(Sc2cccc(NC(=O)/C(=C\c3ccc(O)cc3OC)NC(=O)c3ccccc3)c2)c2ccccc2)sc2c1CCCC2. The zero-order valence-electron chi connectivity index (χ0n) is 29.7. The van der Waals surface area contributed by atoms with Gasteiger partial charge in [0, 0.05) is 32.7 Å². The summed E-state index contributed by atoms with van der Waals surface area (Å²) in [5, 5.41) is 18.4. The van der Waals surface area contributed by atoms with Gasteiger partial charge in [-0.1, -0.05) is 54.6 Å². The van der Waals surface area contributed by atoms with Crippen molar-refractivity contribution in [2.75, 3.05) is 24.4 Å². The summed E-state index contributed by atoms with van der Waals surface area (Å²) in [7, 11) is 1.44. The van der Waals surface area contributed by atoms with Crippen LogP contribution in [0.1, 0.15) is 67.3 Å². The number of thioether (sulfide) groups is 1. The number of ether oxygens (including phenoxy) is 2. The van der Waals surface area contributed by atoms with Gasteiger partial charge in [0.2, 0.25) is 5.91 Å². The van der Waals surface area contributed by atoms with E-state index < -0.39 is 23.0 Å². The van der Waals surface area contributed by atoms with Gasteiger partial charge in [-0.05, 0) is 92.3 Å². The van der Waals surface area contributed by atoms with Crippen molar-refractivity contribution in [1.82, 2.24) is 5.32 Å². The molecule has 0 fully saturated rings. The Kier molecular flexibility index (Phi) is 12.5. The molecule has 1 heterocycles. The van der Waals surface area contributed by atoms with Crippen molar-refractivity contribution < 1.29 is 33.8 Å². The normalized spacial score (nSPS) is 12.9. The monoisotopic (exact) mass is 761 g/mol. The Labute approximate surface area is 321 Å². The summed E-state index contributed by atoms with van der Waals surface area (Å²) >= 11 is 2.73. The molecule has 10 nitrogen and oxygen atoms in total. The fraction of sp³-hybridized carbons (Fsp3) is 0.190. The molecule has 0 saturated heterocycles. The first-order valence-corrected chi connectivity index (χ1v) is 19.1. The Bertz CT molecular complexity index is 2180. The van der Waals surface area contributed by atoms with E-state index in [-0.39, 0.29) is 24.0 Å². The lowest BCUT2D eigenvalue weighted by Gasteiger charge is -2.18. The molecule has 1 aliphatic carbocycles. The summed E-state index contributed by atoms with van der Waals surface area (Å²) < 4.78 is 10.8. The molecule has 12 heteroatoms. The molecule has 0 spiro atoms. The molecule has 276 valence electrons. The summed E-state index contributed by atoms with van der Waals surface area (Å²) in [6.07, 6.45) is 5.09. The molecule has 5 aromatic rings. The Morgan fingerprint density at radius 2 is 1.63 bits per heavy atom. The fourth-order valence-corrected chi connectivity index (χ4v) is 8.41. The maximum Gasteiger partial charge on any atom is 0.341 e. The van der Waals surface area contributed by atoms with Crippen molar-refractivity contribution in [3.05, 3.63) is 142 Å². The van der Waals surface area contributed by atoms with Crippen LogP contribution in [0.25, 0.3) is 6.08 Å². The van der Waals surface area contributed by atoms with Crippen LogP contribution in [0.15, 0.2) is 114 Å². The molecule has 0 saturated carbocycles. The number of thiophene rings is 1. The van der Waals surface area contributed by atoms with E-state index in [0.717, 1.165) is 41.7 Å². The maximum absolute atomic E-state index is 14.2. The minimum Gasteiger partial charge on any atom is -0.508 e. The second-order valence-electron chi connectivity index (χ2n) is 12.3. The van der Waals surface area contributed by atoms with Crippen LogP contribution in [0.4, 0.5) is 10.7 Å². The number of nitrogens with one attached hydrogen (secondary N) is 3. The van der Waals surface area contributed by atoms with Crippen LogP contribution >= 0.6 is 23.1 Å². The summed E-state index contributed by atoms with van der Waals surface area (Å²) in [5.74, 6) is -1.56. The number of carbonyl (C=O) groups is 4. The highest BCUT2D eigenvalue weighted by Crippen LogP contribution is 2.42. The molecule has 1 unspecified atom stereocenters. The quantitative estimate of drug-likeness (QED) is 0.0533. The van der Waals surface area contributed by atoms with Gasteiger partial charge in [-0.2, -0.15) is 0 Å². The van der Waals surface area contributed by atoms with Crippen LogP contribution in [0, 0.1) is 0 Å². The number of esters is 1. The Hall–Kier alpha value is -5.85. The van der Waals surface area contributed by atoms with Crippen molar-refractivity contribution in [1.29, 1.82) is 0 Å². The first-order valence-electron chi connectivity index (χ1n) is 17.4.